The minimum Gasteiger partial charge on any atom is -0.496 e. The van der Waals surface area contributed by atoms with E-state index in [0.29, 0.717) is 11.3 Å². The van der Waals surface area contributed by atoms with Gasteiger partial charge >= 0.3 is 0 Å². The molecule has 2 nitrogen and oxygen atoms in total. The van der Waals surface area contributed by atoms with E-state index in [2.05, 4.69) is 0 Å². The molecule has 2 aromatic carbocycles. The number of benzene rings is 2. The number of carbonyl (C=O) groups is 1. The third-order valence-corrected chi connectivity index (χ3v) is 3.28. The van der Waals surface area contributed by atoms with Gasteiger partial charge in [0, 0.05) is 22.1 Å². The van der Waals surface area contributed by atoms with Crippen LogP contribution in [-0.2, 0) is 4.74 Å². The van der Waals surface area contributed by atoms with Crippen molar-refractivity contribution < 1.29 is 9.53 Å². The first-order valence-electron chi connectivity index (χ1n) is 5.55. The van der Waals surface area contributed by atoms with Crippen LogP contribution in [0.3, 0.4) is 0 Å². The lowest BCUT2D eigenvalue weighted by atomic mass is 9.87. The maximum Gasteiger partial charge on any atom is 0.193 e. The van der Waals surface area contributed by atoms with E-state index >= 15 is 0 Å². The Morgan fingerprint density at radius 2 is 1.65 bits per heavy atom. The van der Waals surface area contributed by atoms with Crippen LogP contribution in [0.1, 0.15) is 22.8 Å². The van der Waals surface area contributed by atoms with Gasteiger partial charge in [-0.3, -0.25) is 4.79 Å². The Kier molecular flexibility index (Phi) is 2.05. The summed E-state index contributed by atoms with van der Waals surface area (Å²) in [6.45, 7) is 1.82. The molecule has 1 aliphatic rings. The molecule has 3 rings (SSSR count). The number of hydrogen-bond acceptors (Lipinski definition) is 2. The smallest absolute Gasteiger partial charge is 0.193 e. The summed E-state index contributed by atoms with van der Waals surface area (Å²) in [5.74, 6) is 0.755. The fourth-order valence-electron chi connectivity index (χ4n) is 2.49. The summed E-state index contributed by atoms with van der Waals surface area (Å²) in [6, 6.07) is 11.8. The van der Waals surface area contributed by atoms with Gasteiger partial charge in [0.25, 0.3) is 0 Å². The van der Waals surface area contributed by atoms with Crippen molar-refractivity contribution >= 4 is 22.3 Å². The van der Waals surface area contributed by atoms with Gasteiger partial charge in [-0.1, -0.05) is 36.4 Å². The minimum absolute atomic E-state index is 0.0613. The van der Waals surface area contributed by atoms with Crippen LogP contribution in [0.2, 0.25) is 0 Å². The molecule has 0 heterocycles. The summed E-state index contributed by atoms with van der Waals surface area (Å²) >= 11 is 0. The average molecular weight is 224 g/mol. The number of carbonyl (C=O) groups excluding carboxylic acids is 1. The van der Waals surface area contributed by atoms with Crippen LogP contribution >= 0.6 is 0 Å². The van der Waals surface area contributed by atoms with Crippen molar-refractivity contribution in [2.45, 2.75) is 6.92 Å². The molecule has 0 aliphatic heterocycles. The highest BCUT2D eigenvalue weighted by Gasteiger charge is 2.25. The fourth-order valence-corrected chi connectivity index (χ4v) is 2.49. The van der Waals surface area contributed by atoms with Crippen LogP contribution in [0.5, 0.6) is 0 Å². The molecule has 0 spiro atoms. The quantitative estimate of drug-likeness (QED) is 0.742. The van der Waals surface area contributed by atoms with Gasteiger partial charge < -0.3 is 4.74 Å². The number of Topliss-reactive ketones (excluding diaryl/α,β-unsaturated/α-hetero) is 1. The Hall–Kier alpha value is -2.09. The SMILES string of the molecule is COC1=C(C)C(=O)c2cccc3cccc1c23. The molecule has 0 atom stereocenters. The van der Waals surface area contributed by atoms with Crippen LogP contribution in [0.15, 0.2) is 42.0 Å². The Balaban J connectivity index is 2.51. The van der Waals surface area contributed by atoms with Gasteiger partial charge in [0.15, 0.2) is 5.78 Å². The second kappa shape index (κ2) is 3.45. The fraction of sp³-hybridized carbons (Fsp3) is 0.133. The number of ketones is 1. The molecule has 2 aromatic rings. The molecule has 0 unspecified atom stereocenters. The van der Waals surface area contributed by atoms with E-state index in [1.54, 1.807) is 7.11 Å². The maximum absolute atomic E-state index is 12.2. The van der Waals surface area contributed by atoms with Crippen molar-refractivity contribution in [3.05, 3.63) is 53.1 Å². The molecule has 0 saturated carbocycles. The zero-order valence-corrected chi connectivity index (χ0v) is 9.78. The highest BCUT2D eigenvalue weighted by Crippen LogP contribution is 2.36. The number of allylic oxidation sites excluding steroid dienone is 1. The number of rotatable bonds is 1. The van der Waals surface area contributed by atoms with Gasteiger partial charge in [0.05, 0.1) is 7.11 Å². The van der Waals surface area contributed by atoms with E-state index in [4.69, 9.17) is 4.74 Å². The summed E-state index contributed by atoms with van der Waals surface area (Å²) in [5.41, 5.74) is 2.47. The molecule has 0 aromatic heterocycles. The standard InChI is InChI=1S/C15H12O2/c1-9-14(16)11-7-3-5-10-6-4-8-12(13(10)11)15(9)17-2/h3-8H,1-2H3. The second-order valence-corrected chi connectivity index (χ2v) is 4.20. The summed E-state index contributed by atoms with van der Waals surface area (Å²) in [6.07, 6.45) is 0. The predicted octanol–water partition coefficient (Wildman–Crippen LogP) is 3.41. The molecule has 0 saturated heterocycles. The molecule has 1 aliphatic carbocycles. The lowest BCUT2D eigenvalue weighted by Gasteiger charge is -2.20. The second-order valence-electron chi connectivity index (χ2n) is 4.20. The molecular weight excluding hydrogens is 212 g/mol. The zero-order chi connectivity index (χ0) is 12.0. The van der Waals surface area contributed by atoms with Crippen LogP contribution in [-0.4, -0.2) is 12.9 Å². The molecule has 0 fully saturated rings. The third kappa shape index (κ3) is 1.24. The van der Waals surface area contributed by atoms with Crippen LogP contribution in [0.4, 0.5) is 0 Å². The van der Waals surface area contributed by atoms with Crippen molar-refractivity contribution in [3.8, 4) is 0 Å². The monoisotopic (exact) mass is 224 g/mol. The third-order valence-electron chi connectivity index (χ3n) is 3.28. The zero-order valence-electron chi connectivity index (χ0n) is 9.78. The summed E-state index contributed by atoms with van der Waals surface area (Å²) in [5, 5.41) is 2.08. The lowest BCUT2D eigenvalue weighted by molar-refractivity contribution is 0.103. The van der Waals surface area contributed by atoms with E-state index in [9.17, 15) is 4.79 Å². The molecule has 0 N–H and O–H groups in total. The molecule has 84 valence electrons. The van der Waals surface area contributed by atoms with Crippen molar-refractivity contribution in [2.24, 2.45) is 0 Å². The Labute approximate surface area is 99.5 Å². The van der Waals surface area contributed by atoms with Crippen molar-refractivity contribution in [1.29, 1.82) is 0 Å². The molecule has 0 amide bonds. The van der Waals surface area contributed by atoms with Crippen LogP contribution in [0.25, 0.3) is 16.5 Å². The predicted molar refractivity (Wildman–Crippen MR) is 67.9 cm³/mol. The highest BCUT2D eigenvalue weighted by molar-refractivity contribution is 6.23. The van der Waals surface area contributed by atoms with E-state index in [1.165, 1.54) is 0 Å². The lowest BCUT2D eigenvalue weighted by Crippen LogP contribution is -2.11. The maximum atomic E-state index is 12.2. The number of ether oxygens (including phenoxy) is 1. The topological polar surface area (TPSA) is 26.3 Å². The van der Waals surface area contributed by atoms with E-state index in [1.807, 2.05) is 43.3 Å². The van der Waals surface area contributed by atoms with Crippen molar-refractivity contribution in [3.63, 3.8) is 0 Å². The van der Waals surface area contributed by atoms with E-state index < -0.39 is 0 Å². The van der Waals surface area contributed by atoms with Gasteiger partial charge in [-0.25, -0.2) is 0 Å². The summed E-state index contributed by atoms with van der Waals surface area (Å²) < 4.78 is 5.38. The largest absolute Gasteiger partial charge is 0.496 e. The van der Waals surface area contributed by atoms with Gasteiger partial charge in [0.2, 0.25) is 0 Å². The Morgan fingerprint density at radius 3 is 2.29 bits per heavy atom. The van der Waals surface area contributed by atoms with Gasteiger partial charge in [-0.15, -0.1) is 0 Å². The summed E-state index contributed by atoms with van der Waals surface area (Å²) in [4.78, 5) is 12.2. The first-order chi connectivity index (χ1) is 8.24. The van der Waals surface area contributed by atoms with Crippen molar-refractivity contribution in [2.75, 3.05) is 7.11 Å². The molecule has 0 bridgehead atoms. The summed E-state index contributed by atoms with van der Waals surface area (Å²) in [7, 11) is 1.61. The first kappa shape index (κ1) is 10.1. The van der Waals surface area contributed by atoms with E-state index in [-0.39, 0.29) is 5.78 Å². The van der Waals surface area contributed by atoms with Crippen LogP contribution < -0.4 is 0 Å². The Morgan fingerprint density at radius 1 is 1.00 bits per heavy atom. The van der Waals surface area contributed by atoms with Crippen LogP contribution in [0, 0.1) is 0 Å². The van der Waals surface area contributed by atoms with Gasteiger partial charge in [0.1, 0.15) is 5.76 Å². The molecule has 0 radical (unpaired) electrons. The number of hydrogen-bond donors (Lipinski definition) is 0. The van der Waals surface area contributed by atoms with Gasteiger partial charge in [-0.2, -0.15) is 0 Å². The molecule has 2 heteroatoms. The van der Waals surface area contributed by atoms with E-state index in [0.717, 1.165) is 21.9 Å². The number of methoxy groups -OCH3 is 1. The highest BCUT2D eigenvalue weighted by atomic mass is 16.5. The molecule has 17 heavy (non-hydrogen) atoms. The van der Waals surface area contributed by atoms with Gasteiger partial charge in [-0.05, 0) is 12.3 Å². The average Bonchev–Trinajstić information content (AvgIpc) is 2.37. The molecular formula is C15H12O2. The minimum atomic E-state index is 0.0613. The Bertz CT molecular complexity index is 660. The van der Waals surface area contributed by atoms with Crippen molar-refractivity contribution in [1.82, 2.24) is 0 Å². The first-order valence-corrected chi connectivity index (χ1v) is 5.55. The normalized spacial score (nSPS) is 14.4.